The second-order valence-corrected chi connectivity index (χ2v) is 33.8. The number of fused-ring (bicyclic) bond motifs is 4. The highest BCUT2D eigenvalue weighted by Gasteiger charge is 2.43. The standard InChI is InChI=1S/C104H106N4O8/c1-5-9-13-17-21-25-29-33-69(34-30-26-22-18-14-10-6-2)105-97(109)81-57-49-73-77-53-61-85-95-86(62-54-78(91(77)95)74-50-58-82(98(105)110)93(81)89(73)74)102(114)107(101(85)113)71-45-41-67(42-46-71)65-37-39-66(40-38-65)68-43-47-72(48-44-68)108-103(115)87-63-55-79-75-51-59-83-94-84(60-52-76(90(75)94)80-56-64-88(104(108)116)96(87)92(79)80)100(112)106(99(83)111)70(35-31-27-23-19-15-11-7-3)36-32-28-24-20-16-12-8-4/h37-64,69-70H,5-36H2,1-4H3. The van der Waals surface area contributed by atoms with Crippen LogP contribution < -0.4 is 9.80 Å². The zero-order valence-corrected chi connectivity index (χ0v) is 68.0. The number of rotatable bonds is 38. The Balaban J connectivity index is 0.581. The van der Waals surface area contributed by atoms with Crippen LogP contribution in [0.15, 0.2) is 170 Å². The number of unbranched alkanes of at least 4 members (excludes halogenated alkanes) is 24. The summed E-state index contributed by atoms with van der Waals surface area (Å²) in [4.78, 5) is 125. The van der Waals surface area contributed by atoms with Gasteiger partial charge in [-0.2, -0.15) is 0 Å². The van der Waals surface area contributed by atoms with Gasteiger partial charge in [-0.05, 0) is 185 Å². The molecule has 0 spiro atoms. The lowest BCUT2D eigenvalue weighted by Crippen LogP contribution is -2.47. The highest BCUT2D eigenvalue weighted by molar-refractivity contribution is 6.46. The molecule has 0 bridgehead atoms. The lowest BCUT2D eigenvalue weighted by molar-refractivity contribution is 0.0501. The van der Waals surface area contributed by atoms with E-state index in [2.05, 4.69) is 27.7 Å². The predicted molar refractivity (Wildman–Crippen MR) is 474 cm³/mol. The predicted octanol–water partition coefficient (Wildman–Crippen LogP) is 27.2. The largest absolute Gasteiger partial charge is 0.271 e. The Morgan fingerprint density at radius 1 is 0.190 bits per heavy atom. The first kappa shape index (κ1) is 77.6. The van der Waals surface area contributed by atoms with E-state index in [4.69, 9.17) is 0 Å². The van der Waals surface area contributed by atoms with Crippen LogP contribution in [0.3, 0.4) is 0 Å². The van der Waals surface area contributed by atoms with Crippen LogP contribution in [-0.2, 0) is 0 Å². The number of carbonyl (C=O) groups excluding carboxylic acids is 8. The van der Waals surface area contributed by atoms with E-state index in [1.807, 2.05) is 170 Å². The maximum absolute atomic E-state index is 15.0. The lowest BCUT2D eigenvalue weighted by atomic mass is 9.82. The maximum Gasteiger partial charge on any atom is 0.265 e. The molecule has 0 fully saturated rings. The van der Waals surface area contributed by atoms with E-state index in [-0.39, 0.29) is 35.7 Å². The van der Waals surface area contributed by atoms with Crippen LogP contribution in [-0.4, -0.2) is 69.1 Å². The Labute approximate surface area is 680 Å². The van der Waals surface area contributed by atoms with E-state index in [1.165, 1.54) is 138 Å². The van der Waals surface area contributed by atoms with E-state index < -0.39 is 23.6 Å². The van der Waals surface area contributed by atoms with Crippen molar-refractivity contribution < 1.29 is 38.4 Å². The molecule has 17 rings (SSSR count). The summed E-state index contributed by atoms with van der Waals surface area (Å²) in [5, 5.41) is 12.7. The fourth-order valence-electron chi connectivity index (χ4n) is 20.3. The average Bonchev–Trinajstić information content (AvgIpc) is 0.693. The molecule has 0 atom stereocenters. The normalized spacial score (nSPS) is 14.3. The summed E-state index contributed by atoms with van der Waals surface area (Å²) in [7, 11) is 0. The molecule has 0 saturated heterocycles. The number of amides is 8. The van der Waals surface area contributed by atoms with Gasteiger partial charge in [-0.3, -0.25) is 48.2 Å². The monoisotopic (exact) mass is 1540 g/mol. The first-order valence-corrected chi connectivity index (χ1v) is 44.1. The van der Waals surface area contributed by atoms with Crippen molar-refractivity contribution in [1.29, 1.82) is 0 Å². The number of carbonyl (C=O) groups is 8. The minimum absolute atomic E-state index is 0.172. The van der Waals surface area contributed by atoms with Crippen molar-refractivity contribution in [3.8, 4) is 22.3 Å². The number of hydrogen-bond acceptors (Lipinski definition) is 8. The molecule has 116 heavy (non-hydrogen) atoms. The van der Waals surface area contributed by atoms with Crippen LogP contribution in [0.25, 0.3) is 108 Å². The van der Waals surface area contributed by atoms with Gasteiger partial charge >= 0.3 is 0 Å². The first-order chi connectivity index (χ1) is 56.8. The molecule has 8 amide bonds. The molecular formula is C104H106N4O8. The Morgan fingerprint density at radius 3 is 0.560 bits per heavy atom. The van der Waals surface area contributed by atoms with Crippen LogP contribution in [0.1, 0.15) is 316 Å². The Hall–Kier alpha value is -11.0. The quantitative estimate of drug-likeness (QED) is 0.0161. The molecule has 13 aromatic carbocycles. The summed E-state index contributed by atoms with van der Waals surface area (Å²) in [5.74, 6) is -2.58. The molecule has 12 heteroatoms. The van der Waals surface area contributed by atoms with Gasteiger partial charge in [0.25, 0.3) is 47.3 Å². The number of imide groups is 4. The van der Waals surface area contributed by atoms with Gasteiger partial charge in [0.1, 0.15) is 0 Å². The first-order valence-electron chi connectivity index (χ1n) is 44.1. The number of nitrogens with zero attached hydrogens (tertiary/aromatic N) is 4. The summed E-state index contributed by atoms with van der Waals surface area (Å²) in [5.41, 5.74) is 8.34. The van der Waals surface area contributed by atoms with E-state index in [1.54, 1.807) is 9.80 Å². The summed E-state index contributed by atoms with van der Waals surface area (Å²) < 4.78 is 0. The molecule has 13 aromatic rings. The van der Waals surface area contributed by atoms with Gasteiger partial charge < -0.3 is 0 Å². The second kappa shape index (κ2) is 33.7. The topological polar surface area (TPSA) is 150 Å². The van der Waals surface area contributed by atoms with Crippen molar-refractivity contribution in [3.63, 3.8) is 0 Å². The molecule has 4 aliphatic heterocycles. The highest BCUT2D eigenvalue weighted by Crippen LogP contribution is 2.51. The molecule has 0 saturated carbocycles. The Bertz CT molecular complexity index is 5370. The fraction of sp³-hybridized carbons (Fsp3) is 0.365. The molecule has 0 radical (unpaired) electrons. The van der Waals surface area contributed by atoms with Crippen molar-refractivity contribution in [2.45, 2.75) is 245 Å². The van der Waals surface area contributed by atoms with Gasteiger partial charge in [-0.25, -0.2) is 9.80 Å². The maximum atomic E-state index is 15.0. The number of hydrogen-bond donors (Lipinski definition) is 0. The fourth-order valence-corrected chi connectivity index (χ4v) is 20.3. The van der Waals surface area contributed by atoms with Crippen molar-refractivity contribution in [2.75, 3.05) is 9.80 Å². The van der Waals surface area contributed by atoms with Gasteiger partial charge in [0.05, 0.1) is 11.4 Å². The molecule has 0 unspecified atom stereocenters. The molecular weight excluding hydrogens is 1430 g/mol. The van der Waals surface area contributed by atoms with Crippen molar-refractivity contribution in [1.82, 2.24) is 9.80 Å². The summed E-state index contributed by atoms with van der Waals surface area (Å²) in [6.07, 6.45) is 35.9. The third-order valence-corrected chi connectivity index (χ3v) is 26.4. The van der Waals surface area contributed by atoms with E-state index >= 15 is 0 Å². The van der Waals surface area contributed by atoms with E-state index in [0.717, 1.165) is 164 Å². The summed E-state index contributed by atoms with van der Waals surface area (Å²) >= 11 is 0. The summed E-state index contributed by atoms with van der Waals surface area (Å²) in [6, 6.07) is 53.3. The zero-order chi connectivity index (χ0) is 79.8. The van der Waals surface area contributed by atoms with Crippen LogP contribution in [0.2, 0.25) is 0 Å². The van der Waals surface area contributed by atoms with Gasteiger partial charge in [0.2, 0.25) is 0 Å². The van der Waals surface area contributed by atoms with Crippen LogP contribution >= 0.6 is 0 Å². The highest BCUT2D eigenvalue weighted by atomic mass is 16.2. The Morgan fingerprint density at radius 2 is 0.362 bits per heavy atom. The zero-order valence-electron chi connectivity index (χ0n) is 68.0. The molecule has 12 nitrogen and oxygen atoms in total. The Kier molecular flexibility index (Phi) is 22.5. The van der Waals surface area contributed by atoms with Crippen LogP contribution in [0.5, 0.6) is 0 Å². The minimum atomic E-state index is -0.422. The van der Waals surface area contributed by atoms with Gasteiger partial charge in [-0.1, -0.05) is 305 Å². The number of anilines is 2. The average molecular weight is 1540 g/mol. The van der Waals surface area contributed by atoms with Gasteiger partial charge in [-0.15, -0.1) is 0 Å². The molecule has 0 aliphatic carbocycles. The molecule has 4 heterocycles. The van der Waals surface area contributed by atoms with Gasteiger partial charge in [0.15, 0.2) is 0 Å². The van der Waals surface area contributed by atoms with E-state index in [0.29, 0.717) is 77.4 Å². The second-order valence-electron chi connectivity index (χ2n) is 33.8. The molecule has 0 aromatic heterocycles. The number of benzene rings is 13. The SMILES string of the molecule is CCCCCCCCCC(CCCCCCCCC)N1C(=O)c2ccc3c4ccc5c6c(ccc(c7ccc(c2c37)C1=O)c64)C(=O)N(c1ccc(-c2ccc(-c3ccc(N4C(=O)c6ccc7c8ccc9c%10c(ccc(c%11ccc(c6c7%11)C4=O)c%108)C(=O)N(C(CCCCCCCCC)CCCCCCCCC)C9=O)cc3)cc2)cc1)C5=O. The minimum Gasteiger partial charge on any atom is -0.271 e. The van der Waals surface area contributed by atoms with E-state index in [9.17, 15) is 38.4 Å². The summed E-state index contributed by atoms with van der Waals surface area (Å²) in [6.45, 7) is 8.95. The van der Waals surface area contributed by atoms with Crippen molar-refractivity contribution in [3.05, 3.63) is 214 Å². The van der Waals surface area contributed by atoms with Crippen LogP contribution in [0.4, 0.5) is 11.4 Å². The van der Waals surface area contributed by atoms with Gasteiger partial charge in [0, 0.05) is 78.1 Å². The molecule has 0 N–H and O–H groups in total. The molecule has 4 aliphatic rings. The third kappa shape index (κ3) is 13.8. The van der Waals surface area contributed by atoms with Crippen molar-refractivity contribution >= 4 is 145 Å². The molecule has 590 valence electrons. The van der Waals surface area contributed by atoms with Crippen molar-refractivity contribution in [2.24, 2.45) is 0 Å². The third-order valence-electron chi connectivity index (χ3n) is 26.4. The lowest BCUT2D eigenvalue weighted by Gasteiger charge is -2.35. The van der Waals surface area contributed by atoms with Crippen LogP contribution in [0, 0.1) is 0 Å². The smallest absolute Gasteiger partial charge is 0.265 e.